The van der Waals surface area contributed by atoms with Gasteiger partial charge in [0.25, 0.3) is 0 Å². The van der Waals surface area contributed by atoms with Crippen LogP contribution in [0.4, 0.5) is 5.82 Å². The number of ether oxygens (including phenoxy) is 1. The molecule has 0 spiro atoms. The first kappa shape index (κ1) is 24.7. The second-order valence-electron chi connectivity index (χ2n) is 7.44. The Morgan fingerprint density at radius 1 is 0.903 bits per heavy atom. The Labute approximate surface area is 188 Å². The van der Waals surface area contributed by atoms with Gasteiger partial charge in [-0.25, -0.2) is 0 Å². The largest absolute Gasteiger partial charge is 0.494 e. The Bertz CT molecular complexity index is 954. The van der Waals surface area contributed by atoms with Gasteiger partial charge in [-0.3, -0.25) is 0 Å². The number of aryl methyl sites for hydroxylation is 3. The Balaban J connectivity index is 0.000000807. The zero-order valence-corrected chi connectivity index (χ0v) is 20.7. The fourth-order valence-corrected chi connectivity index (χ4v) is 4.40. The van der Waals surface area contributed by atoms with Gasteiger partial charge in [-0.15, -0.1) is 5.10 Å². The van der Waals surface area contributed by atoms with Gasteiger partial charge >= 0.3 is 0 Å². The van der Waals surface area contributed by atoms with Crippen molar-refractivity contribution in [2.45, 2.75) is 87.1 Å². The number of fused-ring (bicyclic) bond motifs is 1. The molecule has 1 aliphatic carbocycles. The molecule has 31 heavy (non-hydrogen) atoms. The van der Waals surface area contributed by atoms with Crippen molar-refractivity contribution >= 4 is 16.6 Å². The van der Waals surface area contributed by atoms with E-state index in [4.69, 9.17) is 4.74 Å². The molecule has 0 amide bonds. The van der Waals surface area contributed by atoms with Crippen LogP contribution in [0.5, 0.6) is 5.75 Å². The van der Waals surface area contributed by atoms with Gasteiger partial charge in [-0.2, -0.15) is 5.10 Å². The molecule has 1 N–H and O–H groups in total. The lowest BCUT2D eigenvalue weighted by molar-refractivity contribution is 0.340. The van der Waals surface area contributed by atoms with Crippen LogP contribution in [0, 0.1) is 20.8 Å². The van der Waals surface area contributed by atoms with Crippen LogP contribution in [-0.2, 0) is 0 Å². The van der Waals surface area contributed by atoms with Crippen LogP contribution < -0.4 is 10.1 Å². The van der Waals surface area contributed by atoms with Crippen molar-refractivity contribution in [2.75, 3.05) is 11.9 Å². The molecule has 5 heteroatoms. The molecule has 2 aromatic heterocycles. The number of nitrogens with one attached hydrogen (secondary N) is 1. The highest BCUT2D eigenvalue weighted by Gasteiger charge is 2.22. The van der Waals surface area contributed by atoms with Gasteiger partial charge in [0.2, 0.25) is 0 Å². The van der Waals surface area contributed by atoms with Gasteiger partial charge in [-0.05, 0) is 64.8 Å². The minimum absolute atomic E-state index is 0.513. The number of benzene rings is 1. The Kier molecular flexibility index (Phi) is 9.35. The number of hydrogen-bond donors (Lipinski definition) is 1. The SMILES string of the molecule is CC.CC.CCOc1ccc(-n2c(C)c3c(C)nnc(NC4CCCC4)c3c2C)cc1. The topological polar surface area (TPSA) is 52.0 Å². The molecular formula is C26H40N4O. The van der Waals surface area contributed by atoms with E-state index in [-0.39, 0.29) is 0 Å². The molecule has 1 saturated carbocycles. The molecule has 0 aliphatic heterocycles. The first-order valence-corrected chi connectivity index (χ1v) is 11.9. The summed E-state index contributed by atoms with van der Waals surface area (Å²) in [5.74, 6) is 1.82. The van der Waals surface area contributed by atoms with Crippen molar-refractivity contribution < 1.29 is 4.74 Å². The molecule has 1 aromatic carbocycles. The smallest absolute Gasteiger partial charge is 0.158 e. The molecule has 1 fully saturated rings. The van der Waals surface area contributed by atoms with Crippen LogP contribution in [-0.4, -0.2) is 27.4 Å². The predicted molar refractivity (Wildman–Crippen MR) is 133 cm³/mol. The maximum Gasteiger partial charge on any atom is 0.158 e. The maximum absolute atomic E-state index is 5.59. The normalized spacial score (nSPS) is 13.3. The Morgan fingerprint density at radius 2 is 1.48 bits per heavy atom. The number of aromatic nitrogens is 3. The summed E-state index contributed by atoms with van der Waals surface area (Å²) in [6.45, 7) is 17.1. The monoisotopic (exact) mass is 424 g/mol. The highest BCUT2D eigenvalue weighted by molar-refractivity contribution is 5.98. The summed E-state index contributed by atoms with van der Waals surface area (Å²) in [6.07, 6.45) is 5.03. The molecule has 1 aliphatic rings. The van der Waals surface area contributed by atoms with Gasteiger partial charge in [0.15, 0.2) is 5.82 Å². The van der Waals surface area contributed by atoms with E-state index in [0.29, 0.717) is 12.6 Å². The quantitative estimate of drug-likeness (QED) is 0.472. The van der Waals surface area contributed by atoms with E-state index in [1.807, 2.05) is 53.7 Å². The van der Waals surface area contributed by atoms with Crippen molar-refractivity contribution in [3.05, 3.63) is 41.3 Å². The molecule has 0 bridgehead atoms. The lowest BCUT2D eigenvalue weighted by atomic mass is 10.1. The minimum Gasteiger partial charge on any atom is -0.494 e. The molecule has 0 saturated heterocycles. The van der Waals surface area contributed by atoms with E-state index >= 15 is 0 Å². The Hall–Kier alpha value is -2.56. The van der Waals surface area contributed by atoms with Crippen molar-refractivity contribution in [2.24, 2.45) is 0 Å². The molecule has 2 heterocycles. The number of hydrogen-bond acceptors (Lipinski definition) is 4. The van der Waals surface area contributed by atoms with E-state index in [0.717, 1.165) is 22.9 Å². The van der Waals surface area contributed by atoms with Crippen molar-refractivity contribution in [1.29, 1.82) is 0 Å². The maximum atomic E-state index is 5.59. The lowest BCUT2D eigenvalue weighted by Gasteiger charge is -2.14. The fraction of sp³-hybridized carbons (Fsp3) is 0.538. The number of rotatable bonds is 5. The first-order chi connectivity index (χ1) is 15.1. The van der Waals surface area contributed by atoms with E-state index < -0.39 is 0 Å². The standard InChI is InChI=1S/C22H28N4O.2C2H6/c1-5-27-19-12-10-18(11-13-19)26-15(3)20-14(2)24-25-22(21(20)16(26)4)23-17-8-6-7-9-17;2*1-2/h10-13,17H,5-9H2,1-4H3,(H,23,25);2*1-2H3. The second-order valence-corrected chi connectivity index (χ2v) is 7.44. The van der Waals surface area contributed by atoms with Gasteiger partial charge in [-0.1, -0.05) is 40.5 Å². The van der Waals surface area contributed by atoms with Crippen molar-refractivity contribution in [3.63, 3.8) is 0 Å². The highest BCUT2D eigenvalue weighted by atomic mass is 16.5. The second kappa shape index (κ2) is 11.7. The molecule has 5 nitrogen and oxygen atoms in total. The highest BCUT2D eigenvalue weighted by Crippen LogP contribution is 2.35. The van der Waals surface area contributed by atoms with Crippen LogP contribution in [0.1, 0.15) is 77.4 Å². The molecule has 170 valence electrons. The van der Waals surface area contributed by atoms with E-state index in [2.05, 4.69) is 46.1 Å². The predicted octanol–water partition coefficient (Wildman–Crippen LogP) is 7.15. The first-order valence-electron chi connectivity index (χ1n) is 11.9. The van der Waals surface area contributed by atoms with Crippen LogP contribution in [0.25, 0.3) is 16.5 Å². The molecule has 0 radical (unpaired) electrons. The summed E-state index contributed by atoms with van der Waals surface area (Å²) < 4.78 is 7.89. The summed E-state index contributed by atoms with van der Waals surface area (Å²) in [6, 6.07) is 8.81. The third-order valence-electron chi connectivity index (χ3n) is 5.64. The number of nitrogens with zero attached hydrogens (tertiary/aromatic N) is 3. The van der Waals surface area contributed by atoms with Gasteiger partial charge < -0.3 is 14.6 Å². The van der Waals surface area contributed by atoms with Gasteiger partial charge in [0, 0.05) is 33.9 Å². The van der Waals surface area contributed by atoms with Crippen LogP contribution >= 0.6 is 0 Å². The van der Waals surface area contributed by atoms with Crippen LogP contribution in [0.3, 0.4) is 0 Å². The number of anilines is 1. The summed E-state index contributed by atoms with van der Waals surface area (Å²) >= 11 is 0. The Morgan fingerprint density at radius 3 is 2.06 bits per heavy atom. The van der Waals surface area contributed by atoms with Gasteiger partial charge in [0.05, 0.1) is 12.3 Å². The summed E-state index contributed by atoms with van der Waals surface area (Å²) in [4.78, 5) is 0. The lowest BCUT2D eigenvalue weighted by Crippen LogP contribution is -2.16. The minimum atomic E-state index is 0.513. The van der Waals surface area contributed by atoms with E-state index in [1.165, 1.54) is 47.8 Å². The molecule has 3 aromatic rings. The molecule has 4 rings (SSSR count). The van der Waals surface area contributed by atoms with E-state index in [1.54, 1.807) is 0 Å². The zero-order valence-electron chi connectivity index (χ0n) is 20.7. The fourth-order valence-electron chi connectivity index (χ4n) is 4.40. The molecule has 0 unspecified atom stereocenters. The van der Waals surface area contributed by atoms with Gasteiger partial charge in [0.1, 0.15) is 5.75 Å². The van der Waals surface area contributed by atoms with Crippen LogP contribution in [0.2, 0.25) is 0 Å². The van der Waals surface area contributed by atoms with E-state index in [9.17, 15) is 0 Å². The molecular weight excluding hydrogens is 384 g/mol. The third-order valence-corrected chi connectivity index (χ3v) is 5.64. The summed E-state index contributed by atoms with van der Waals surface area (Å²) in [7, 11) is 0. The van der Waals surface area contributed by atoms with Crippen molar-refractivity contribution in [1.82, 2.24) is 14.8 Å². The zero-order chi connectivity index (χ0) is 23.0. The third kappa shape index (κ3) is 5.20. The molecule has 0 atom stereocenters. The van der Waals surface area contributed by atoms with Crippen LogP contribution in [0.15, 0.2) is 24.3 Å². The summed E-state index contributed by atoms with van der Waals surface area (Å²) in [5, 5.41) is 15.0. The summed E-state index contributed by atoms with van der Waals surface area (Å²) in [5.41, 5.74) is 4.52. The van der Waals surface area contributed by atoms with Crippen molar-refractivity contribution in [3.8, 4) is 11.4 Å². The average molecular weight is 425 g/mol. The average Bonchev–Trinajstić information content (AvgIpc) is 3.40.